The summed E-state index contributed by atoms with van der Waals surface area (Å²) in [5.41, 5.74) is 8.68. The van der Waals surface area contributed by atoms with Crippen LogP contribution in [0, 0.1) is 10.1 Å². The van der Waals surface area contributed by atoms with Gasteiger partial charge >= 0.3 is 0 Å². The Balaban J connectivity index is 1.67. The minimum absolute atomic E-state index is 0.0851. The van der Waals surface area contributed by atoms with Crippen molar-refractivity contribution in [2.24, 2.45) is 5.73 Å². The average Bonchev–Trinajstić information content (AvgIpc) is 2.83. The van der Waals surface area contributed by atoms with Crippen LogP contribution >= 0.6 is 11.8 Å². The van der Waals surface area contributed by atoms with Crippen molar-refractivity contribution in [3.8, 4) is 22.5 Å². The zero-order chi connectivity index (χ0) is 22.5. The predicted octanol–water partition coefficient (Wildman–Crippen LogP) is 4.51. The number of rotatable bonds is 7. The van der Waals surface area contributed by atoms with Crippen molar-refractivity contribution in [2.75, 3.05) is 0 Å². The second-order valence-corrected chi connectivity index (χ2v) is 7.72. The van der Waals surface area contributed by atoms with Crippen molar-refractivity contribution in [1.82, 2.24) is 15.2 Å². The van der Waals surface area contributed by atoms with Crippen LogP contribution in [0.3, 0.4) is 0 Å². The molecule has 2 N–H and O–H groups in total. The van der Waals surface area contributed by atoms with Gasteiger partial charge in [-0.05, 0) is 6.07 Å². The van der Waals surface area contributed by atoms with Gasteiger partial charge in [-0.1, -0.05) is 78.5 Å². The van der Waals surface area contributed by atoms with E-state index in [1.807, 2.05) is 60.7 Å². The molecule has 0 bridgehead atoms. The summed E-state index contributed by atoms with van der Waals surface area (Å²) in [6.45, 7) is 0. The normalized spacial score (nSPS) is 10.6. The predicted molar refractivity (Wildman–Crippen MR) is 122 cm³/mol. The van der Waals surface area contributed by atoms with E-state index in [2.05, 4.69) is 10.2 Å². The third-order valence-electron chi connectivity index (χ3n) is 4.69. The number of primary amides is 1. The molecule has 0 saturated carbocycles. The number of aromatic nitrogens is 3. The molecule has 0 unspecified atom stereocenters. The van der Waals surface area contributed by atoms with Gasteiger partial charge in [0.25, 0.3) is 5.69 Å². The number of nitro benzene ring substituents is 1. The third kappa shape index (κ3) is 4.62. The van der Waals surface area contributed by atoms with Gasteiger partial charge < -0.3 is 5.73 Å². The summed E-state index contributed by atoms with van der Waals surface area (Å²) < 4.78 is 0. The summed E-state index contributed by atoms with van der Waals surface area (Å²) in [6, 6.07) is 23.5. The van der Waals surface area contributed by atoms with Gasteiger partial charge in [0.05, 0.1) is 4.92 Å². The van der Waals surface area contributed by atoms with Gasteiger partial charge in [0.2, 0.25) is 11.1 Å². The molecule has 0 saturated heterocycles. The van der Waals surface area contributed by atoms with Crippen molar-refractivity contribution in [2.45, 2.75) is 10.9 Å². The summed E-state index contributed by atoms with van der Waals surface area (Å²) >= 11 is 1.23. The molecule has 0 spiro atoms. The Hall–Kier alpha value is -4.11. The number of amides is 1. The zero-order valence-corrected chi connectivity index (χ0v) is 17.5. The van der Waals surface area contributed by atoms with Gasteiger partial charge in [0, 0.05) is 34.1 Å². The Morgan fingerprint density at radius 2 is 1.53 bits per heavy atom. The molecule has 1 aromatic heterocycles. The molecule has 32 heavy (non-hydrogen) atoms. The Labute approximate surface area is 187 Å². The van der Waals surface area contributed by atoms with E-state index < -0.39 is 10.8 Å². The molecular weight excluding hydrogens is 426 g/mol. The first-order chi connectivity index (χ1) is 15.5. The number of nitrogens with two attached hydrogens (primary N) is 1. The van der Waals surface area contributed by atoms with Crippen LogP contribution in [-0.4, -0.2) is 26.0 Å². The number of nitro groups is 1. The maximum atomic E-state index is 11.4. The quantitative estimate of drug-likeness (QED) is 0.253. The minimum atomic E-state index is -0.719. The van der Waals surface area contributed by atoms with Crippen LogP contribution in [0.1, 0.15) is 15.9 Å². The Morgan fingerprint density at radius 1 is 0.906 bits per heavy atom. The molecule has 158 valence electrons. The van der Waals surface area contributed by atoms with Gasteiger partial charge in [0.15, 0.2) is 0 Å². The van der Waals surface area contributed by atoms with Crippen molar-refractivity contribution < 1.29 is 9.72 Å². The maximum absolute atomic E-state index is 11.4. The highest BCUT2D eigenvalue weighted by Gasteiger charge is 2.18. The van der Waals surface area contributed by atoms with Crippen molar-refractivity contribution in [3.63, 3.8) is 0 Å². The minimum Gasteiger partial charge on any atom is -0.366 e. The van der Waals surface area contributed by atoms with Crippen molar-refractivity contribution >= 4 is 23.4 Å². The molecule has 0 fully saturated rings. The van der Waals surface area contributed by atoms with Gasteiger partial charge in [-0.2, -0.15) is 0 Å². The first-order valence-electron chi connectivity index (χ1n) is 9.58. The first kappa shape index (κ1) is 21.1. The van der Waals surface area contributed by atoms with Crippen molar-refractivity contribution in [1.29, 1.82) is 0 Å². The summed E-state index contributed by atoms with van der Waals surface area (Å²) in [5, 5.41) is 20.5. The van der Waals surface area contributed by atoms with Gasteiger partial charge in [-0.3, -0.25) is 14.9 Å². The van der Waals surface area contributed by atoms with Crippen LogP contribution in [0.25, 0.3) is 22.5 Å². The van der Waals surface area contributed by atoms with E-state index in [0.29, 0.717) is 22.1 Å². The number of thioether (sulfide) groups is 1. The number of nitrogens with zero attached hydrogens (tertiary/aromatic N) is 4. The maximum Gasteiger partial charge on any atom is 0.274 e. The molecule has 0 aliphatic rings. The van der Waals surface area contributed by atoms with Gasteiger partial charge in [0.1, 0.15) is 11.4 Å². The topological polar surface area (TPSA) is 125 Å². The summed E-state index contributed by atoms with van der Waals surface area (Å²) in [7, 11) is 0. The largest absolute Gasteiger partial charge is 0.366 e. The SMILES string of the molecule is NC(=O)c1ccc(CSc2nnc(-c3ccccc3)c(-c3ccccc3)n2)c([N+](=O)[O-])c1. The molecule has 0 radical (unpaired) electrons. The van der Waals surface area contributed by atoms with E-state index >= 15 is 0 Å². The molecular formula is C23H17N5O3S. The molecule has 8 nitrogen and oxygen atoms in total. The zero-order valence-electron chi connectivity index (χ0n) is 16.7. The van der Waals surface area contributed by atoms with E-state index in [1.54, 1.807) is 0 Å². The highest BCUT2D eigenvalue weighted by atomic mass is 32.2. The van der Waals surface area contributed by atoms with Gasteiger partial charge in [-0.25, -0.2) is 4.98 Å². The molecule has 1 amide bonds. The first-order valence-corrected chi connectivity index (χ1v) is 10.6. The molecule has 4 aromatic rings. The van der Waals surface area contributed by atoms with E-state index in [4.69, 9.17) is 10.7 Å². The molecule has 0 atom stereocenters. The third-order valence-corrected chi connectivity index (χ3v) is 5.57. The van der Waals surface area contributed by atoms with Crippen LogP contribution in [-0.2, 0) is 5.75 Å². The summed E-state index contributed by atoms with van der Waals surface area (Å²) in [6.07, 6.45) is 0. The molecule has 1 heterocycles. The van der Waals surface area contributed by atoms with Gasteiger partial charge in [-0.15, -0.1) is 10.2 Å². The Kier molecular flexibility index (Phi) is 6.18. The number of benzene rings is 3. The summed E-state index contributed by atoms with van der Waals surface area (Å²) in [4.78, 5) is 27.0. The lowest BCUT2D eigenvalue weighted by atomic mass is 10.0. The van der Waals surface area contributed by atoms with Crippen LogP contribution < -0.4 is 5.73 Å². The van der Waals surface area contributed by atoms with Crippen LogP contribution in [0.2, 0.25) is 0 Å². The Bertz CT molecular complexity index is 1280. The van der Waals surface area contributed by atoms with E-state index in [9.17, 15) is 14.9 Å². The molecule has 4 rings (SSSR count). The lowest BCUT2D eigenvalue weighted by Gasteiger charge is -2.09. The fraction of sp³-hybridized carbons (Fsp3) is 0.0435. The number of carbonyl (C=O) groups is 1. The van der Waals surface area contributed by atoms with Crippen LogP contribution in [0.15, 0.2) is 84.0 Å². The smallest absolute Gasteiger partial charge is 0.274 e. The lowest BCUT2D eigenvalue weighted by Crippen LogP contribution is -2.11. The number of hydrogen-bond donors (Lipinski definition) is 1. The lowest BCUT2D eigenvalue weighted by molar-refractivity contribution is -0.385. The molecule has 9 heteroatoms. The molecule has 3 aromatic carbocycles. The fourth-order valence-electron chi connectivity index (χ4n) is 3.11. The highest BCUT2D eigenvalue weighted by Crippen LogP contribution is 2.32. The summed E-state index contributed by atoms with van der Waals surface area (Å²) in [5.74, 6) is -0.487. The van der Waals surface area contributed by atoms with E-state index in [1.165, 1.54) is 30.0 Å². The molecule has 0 aliphatic heterocycles. The van der Waals surface area contributed by atoms with E-state index in [0.717, 1.165) is 11.1 Å². The number of hydrogen-bond acceptors (Lipinski definition) is 7. The van der Waals surface area contributed by atoms with E-state index in [-0.39, 0.29) is 17.0 Å². The van der Waals surface area contributed by atoms with Crippen LogP contribution in [0.4, 0.5) is 5.69 Å². The fourth-order valence-corrected chi connectivity index (χ4v) is 3.89. The highest BCUT2D eigenvalue weighted by molar-refractivity contribution is 7.98. The van der Waals surface area contributed by atoms with Crippen molar-refractivity contribution in [3.05, 3.63) is 100 Å². The molecule has 0 aliphatic carbocycles. The monoisotopic (exact) mass is 443 g/mol. The second-order valence-electron chi connectivity index (χ2n) is 6.78. The Morgan fingerprint density at radius 3 is 2.12 bits per heavy atom. The average molecular weight is 443 g/mol. The number of carbonyl (C=O) groups excluding carboxylic acids is 1. The second kappa shape index (κ2) is 9.36. The standard InChI is InChI=1S/C23H17N5O3S/c24-22(29)17-11-12-18(19(13-17)28(30)31)14-32-23-25-20(15-7-3-1-4-8-15)21(26-27-23)16-9-5-2-6-10-16/h1-13H,14H2,(H2,24,29). The van der Waals surface area contributed by atoms with Crippen LogP contribution in [0.5, 0.6) is 0 Å².